The minimum absolute atomic E-state index is 0.000625. The van der Waals surface area contributed by atoms with Crippen LogP contribution >= 0.6 is 15.9 Å². The smallest absolute Gasteiger partial charge is 0.336 e. The Balaban J connectivity index is 2.34. The molecule has 7 heteroatoms. The van der Waals surface area contributed by atoms with Gasteiger partial charge in [0.15, 0.2) is 0 Å². The van der Waals surface area contributed by atoms with Crippen LogP contribution in [0.15, 0.2) is 27.6 Å². The average molecular weight is 376 g/mol. The zero-order valence-corrected chi connectivity index (χ0v) is 14.2. The maximum Gasteiger partial charge on any atom is 0.336 e. The number of carbonyl (C=O) groups is 1. The van der Waals surface area contributed by atoms with Gasteiger partial charge in [0.1, 0.15) is 0 Å². The fourth-order valence-corrected chi connectivity index (χ4v) is 4.49. The SMILES string of the molecule is CN(C1CCCCC1)S(=O)(=O)c1ccc(Br)c(C(=O)O)c1. The summed E-state index contributed by atoms with van der Waals surface area (Å²) in [6.45, 7) is 0. The summed E-state index contributed by atoms with van der Waals surface area (Å²) >= 11 is 3.12. The lowest BCUT2D eigenvalue weighted by atomic mass is 9.96. The number of halogens is 1. The summed E-state index contributed by atoms with van der Waals surface area (Å²) in [5, 5.41) is 9.10. The molecule has 0 aliphatic heterocycles. The average Bonchev–Trinajstić information content (AvgIpc) is 2.47. The van der Waals surface area contributed by atoms with Gasteiger partial charge in [0.05, 0.1) is 10.5 Å². The molecule has 1 saturated carbocycles. The van der Waals surface area contributed by atoms with Crippen molar-refractivity contribution in [1.29, 1.82) is 0 Å². The number of aromatic carboxylic acids is 1. The highest BCUT2D eigenvalue weighted by Gasteiger charge is 2.29. The van der Waals surface area contributed by atoms with Crippen LogP contribution in [0, 0.1) is 0 Å². The third kappa shape index (κ3) is 3.46. The van der Waals surface area contributed by atoms with E-state index < -0.39 is 16.0 Å². The van der Waals surface area contributed by atoms with Crippen molar-refractivity contribution in [3.63, 3.8) is 0 Å². The van der Waals surface area contributed by atoms with Crippen LogP contribution in [0.3, 0.4) is 0 Å². The Kier molecular flexibility index (Phi) is 5.06. The zero-order valence-electron chi connectivity index (χ0n) is 11.8. The molecule has 0 radical (unpaired) electrons. The summed E-state index contributed by atoms with van der Waals surface area (Å²) in [4.78, 5) is 11.2. The Morgan fingerprint density at radius 1 is 1.29 bits per heavy atom. The van der Waals surface area contributed by atoms with Crippen molar-refractivity contribution < 1.29 is 18.3 Å². The van der Waals surface area contributed by atoms with Crippen LogP contribution in [-0.4, -0.2) is 36.9 Å². The number of carboxylic acids is 1. The van der Waals surface area contributed by atoms with Crippen LogP contribution in [-0.2, 0) is 10.0 Å². The number of sulfonamides is 1. The standard InChI is InChI=1S/C14H18BrNO4S/c1-16(10-5-3-2-4-6-10)21(19,20)11-7-8-13(15)12(9-11)14(17)18/h7-10H,2-6H2,1H3,(H,17,18). The second-order valence-electron chi connectivity index (χ2n) is 5.26. The summed E-state index contributed by atoms with van der Waals surface area (Å²) in [6.07, 6.45) is 4.93. The van der Waals surface area contributed by atoms with Gasteiger partial charge in [0.25, 0.3) is 0 Å². The minimum atomic E-state index is -3.66. The van der Waals surface area contributed by atoms with E-state index in [9.17, 15) is 13.2 Å². The van der Waals surface area contributed by atoms with E-state index in [1.807, 2.05) is 0 Å². The minimum Gasteiger partial charge on any atom is -0.478 e. The molecule has 2 rings (SSSR count). The number of rotatable bonds is 4. The summed E-state index contributed by atoms with van der Waals surface area (Å²) < 4.78 is 27.0. The van der Waals surface area contributed by atoms with E-state index in [0.29, 0.717) is 4.47 Å². The molecule has 0 atom stereocenters. The predicted octanol–water partition coefficient (Wildman–Crippen LogP) is 3.10. The summed E-state index contributed by atoms with van der Waals surface area (Å²) in [5.74, 6) is -1.15. The van der Waals surface area contributed by atoms with E-state index in [0.717, 1.165) is 32.1 Å². The molecule has 1 aliphatic carbocycles. The number of hydrogen-bond acceptors (Lipinski definition) is 3. The quantitative estimate of drug-likeness (QED) is 0.876. The molecule has 0 unspecified atom stereocenters. The zero-order chi connectivity index (χ0) is 15.6. The van der Waals surface area contributed by atoms with E-state index >= 15 is 0 Å². The van der Waals surface area contributed by atoms with Crippen molar-refractivity contribution in [2.24, 2.45) is 0 Å². The van der Waals surface area contributed by atoms with Crippen molar-refractivity contribution in [2.75, 3.05) is 7.05 Å². The van der Waals surface area contributed by atoms with Gasteiger partial charge in [0, 0.05) is 17.6 Å². The fraction of sp³-hybridized carbons (Fsp3) is 0.500. The van der Waals surface area contributed by atoms with Crippen LogP contribution in [0.1, 0.15) is 42.5 Å². The molecule has 1 fully saturated rings. The normalized spacial score (nSPS) is 17.1. The van der Waals surface area contributed by atoms with Gasteiger partial charge in [-0.3, -0.25) is 0 Å². The summed E-state index contributed by atoms with van der Waals surface area (Å²) in [5.41, 5.74) is -0.0480. The summed E-state index contributed by atoms with van der Waals surface area (Å²) in [6, 6.07) is 4.11. The molecule has 1 N–H and O–H groups in total. The Bertz CT molecular complexity index is 638. The van der Waals surface area contributed by atoms with E-state index in [4.69, 9.17) is 5.11 Å². The van der Waals surface area contributed by atoms with Crippen LogP contribution < -0.4 is 0 Å². The molecule has 0 spiro atoms. The number of benzene rings is 1. The predicted molar refractivity (Wildman–Crippen MR) is 82.9 cm³/mol. The highest BCUT2D eigenvalue weighted by atomic mass is 79.9. The van der Waals surface area contributed by atoms with Gasteiger partial charge < -0.3 is 5.11 Å². The van der Waals surface area contributed by atoms with Gasteiger partial charge in [-0.1, -0.05) is 19.3 Å². The Morgan fingerprint density at radius 2 is 1.90 bits per heavy atom. The van der Waals surface area contributed by atoms with Crippen LogP contribution in [0.2, 0.25) is 0 Å². The first kappa shape index (κ1) is 16.5. The molecular weight excluding hydrogens is 358 g/mol. The third-order valence-electron chi connectivity index (χ3n) is 3.93. The summed E-state index contributed by atoms with van der Waals surface area (Å²) in [7, 11) is -2.09. The molecule has 5 nitrogen and oxygen atoms in total. The van der Waals surface area contributed by atoms with Gasteiger partial charge in [-0.15, -0.1) is 0 Å². The lowest BCUT2D eigenvalue weighted by molar-refractivity contribution is 0.0695. The number of carboxylic acid groups (broad SMARTS) is 1. The monoisotopic (exact) mass is 375 g/mol. The van der Waals surface area contributed by atoms with Gasteiger partial charge in [-0.05, 0) is 47.0 Å². The molecule has 0 saturated heterocycles. The molecule has 21 heavy (non-hydrogen) atoms. The fourth-order valence-electron chi connectivity index (χ4n) is 2.64. The van der Waals surface area contributed by atoms with E-state index in [1.54, 1.807) is 7.05 Å². The first-order chi connectivity index (χ1) is 9.84. The van der Waals surface area contributed by atoms with Crippen LogP contribution in [0.5, 0.6) is 0 Å². The van der Waals surface area contributed by atoms with Crippen molar-refractivity contribution in [1.82, 2.24) is 4.31 Å². The van der Waals surface area contributed by atoms with Gasteiger partial charge >= 0.3 is 5.97 Å². The third-order valence-corrected chi connectivity index (χ3v) is 6.53. The number of nitrogens with zero attached hydrogens (tertiary/aromatic N) is 1. The van der Waals surface area contributed by atoms with Crippen molar-refractivity contribution in [2.45, 2.75) is 43.0 Å². The highest BCUT2D eigenvalue weighted by molar-refractivity contribution is 9.10. The van der Waals surface area contributed by atoms with Crippen LogP contribution in [0.25, 0.3) is 0 Å². The molecule has 116 valence electrons. The second-order valence-corrected chi connectivity index (χ2v) is 8.11. The Labute approximate surface area is 133 Å². The Morgan fingerprint density at radius 3 is 2.48 bits per heavy atom. The molecule has 1 aliphatic rings. The van der Waals surface area contributed by atoms with Crippen molar-refractivity contribution in [3.05, 3.63) is 28.2 Å². The molecule has 0 aromatic heterocycles. The molecule has 1 aromatic rings. The van der Waals surface area contributed by atoms with E-state index in [-0.39, 0.29) is 16.5 Å². The van der Waals surface area contributed by atoms with Gasteiger partial charge in [-0.25, -0.2) is 13.2 Å². The molecule has 0 amide bonds. The first-order valence-corrected chi connectivity index (χ1v) is 9.08. The maximum atomic E-state index is 12.6. The largest absolute Gasteiger partial charge is 0.478 e. The van der Waals surface area contributed by atoms with Gasteiger partial charge in [0.2, 0.25) is 10.0 Å². The van der Waals surface area contributed by atoms with Crippen LogP contribution in [0.4, 0.5) is 0 Å². The maximum absolute atomic E-state index is 12.6. The molecule has 1 aromatic carbocycles. The van der Waals surface area contributed by atoms with Gasteiger partial charge in [-0.2, -0.15) is 4.31 Å². The van der Waals surface area contributed by atoms with Crippen molar-refractivity contribution >= 4 is 31.9 Å². The van der Waals surface area contributed by atoms with Crippen molar-refractivity contribution in [3.8, 4) is 0 Å². The second kappa shape index (κ2) is 6.46. The van der Waals surface area contributed by atoms with E-state index in [2.05, 4.69) is 15.9 Å². The molecule has 0 bridgehead atoms. The molecular formula is C14H18BrNO4S. The highest BCUT2D eigenvalue weighted by Crippen LogP contribution is 2.28. The topological polar surface area (TPSA) is 74.7 Å². The lowest BCUT2D eigenvalue weighted by Crippen LogP contribution is -2.38. The number of hydrogen-bond donors (Lipinski definition) is 1. The lowest BCUT2D eigenvalue weighted by Gasteiger charge is -2.30. The Hall–Kier alpha value is -0.920. The van der Waals surface area contributed by atoms with E-state index in [1.165, 1.54) is 22.5 Å². The first-order valence-electron chi connectivity index (χ1n) is 6.85. The molecule has 0 heterocycles.